The zero-order chi connectivity index (χ0) is 13.8. The Kier molecular flexibility index (Phi) is 5.11. The molecule has 0 fully saturated rings. The average molecular weight is 251 g/mol. The summed E-state index contributed by atoms with van der Waals surface area (Å²) < 4.78 is 0. The summed E-state index contributed by atoms with van der Waals surface area (Å²) in [6, 6.07) is 4.27. The van der Waals surface area contributed by atoms with Gasteiger partial charge in [-0.2, -0.15) is 0 Å². The number of aromatic nitrogens is 1. The summed E-state index contributed by atoms with van der Waals surface area (Å²) in [7, 11) is 1.94. The smallest absolute Gasteiger partial charge is 0.133 e. The van der Waals surface area contributed by atoms with Crippen LogP contribution < -0.4 is 10.2 Å². The van der Waals surface area contributed by atoms with Crippen molar-refractivity contribution in [2.24, 2.45) is 0 Å². The molecule has 0 saturated carbocycles. The van der Waals surface area contributed by atoms with E-state index in [1.54, 1.807) is 6.20 Å². The van der Waals surface area contributed by atoms with Crippen LogP contribution in [0.25, 0.3) is 0 Å². The molecule has 0 aliphatic rings. The van der Waals surface area contributed by atoms with Gasteiger partial charge in [-0.3, -0.25) is 0 Å². The lowest BCUT2D eigenvalue weighted by molar-refractivity contribution is 0.0873. The van der Waals surface area contributed by atoms with Gasteiger partial charge in [0, 0.05) is 30.9 Å². The van der Waals surface area contributed by atoms with Gasteiger partial charge in [-0.15, -0.1) is 0 Å². The quantitative estimate of drug-likeness (QED) is 0.811. The molecule has 1 heterocycles. The summed E-state index contributed by atoms with van der Waals surface area (Å²) >= 11 is 0. The summed E-state index contributed by atoms with van der Waals surface area (Å²) in [5.74, 6) is 0.948. The highest BCUT2D eigenvalue weighted by molar-refractivity contribution is 5.48. The van der Waals surface area contributed by atoms with Crippen molar-refractivity contribution >= 4 is 5.82 Å². The SMILES string of the molecule is CCN(CC(C)(C)O)c1ncccc1C(C)NC. The van der Waals surface area contributed by atoms with Crippen molar-refractivity contribution in [3.05, 3.63) is 23.9 Å². The number of pyridine rings is 1. The minimum Gasteiger partial charge on any atom is -0.389 e. The van der Waals surface area contributed by atoms with Crippen LogP contribution in [-0.4, -0.2) is 35.8 Å². The van der Waals surface area contributed by atoms with E-state index in [0.29, 0.717) is 6.54 Å². The molecular weight excluding hydrogens is 226 g/mol. The second kappa shape index (κ2) is 6.16. The third kappa shape index (κ3) is 3.96. The third-order valence-corrected chi connectivity index (χ3v) is 2.98. The van der Waals surface area contributed by atoms with Gasteiger partial charge in [-0.25, -0.2) is 4.98 Å². The van der Waals surface area contributed by atoms with E-state index in [1.807, 2.05) is 27.0 Å². The highest BCUT2D eigenvalue weighted by atomic mass is 16.3. The Hall–Kier alpha value is -1.13. The number of nitrogens with one attached hydrogen (secondary N) is 1. The van der Waals surface area contributed by atoms with Gasteiger partial charge in [-0.05, 0) is 40.8 Å². The Bertz CT molecular complexity index is 374. The largest absolute Gasteiger partial charge is 0.389 e. The van der Waals surface area contributed by atoms with E-state index in [2.05, 4.69) is 35.1 Å². The number of rotatable bonds is 6. The number of likely N-dealkylation sites (N-methyl/N-ethyl adjacent to an activating group) is 1. The van der Waals surface area contributed by atoms with Crippen molar-refractivity contribution in [3.8, 4) is 0 Å². The molecule has 0 spiro atoms. The fourth-order valence-electron chi connectivity index (χ4n) is 1.97. The van der Waals surface area contributed by atoms with Crippen LogP contribution in [0.5, 0.6) is 0 Å². The molecule has 0 bridgehead atoms. The van der Waals surface area contributed by atoms with E-state index in [4.69, 9.17) is 0 Å². The fourth-order valence-corrected chi connectivity index (χ4v) is 1.97. The number of hydrogen-bond donors (Lipinski definition) is 2. The third-order valence-electron chi connectivity index (χ3n) is 2.98. The normalized spacial score (nSPS) is 13.4. The molecule has 4 heteroatoms. The second-order valence-corrected chi connectivity index (χ2v) is 5.25. The highest BCUT2D eigenvalue weighted by Gasteiger charge is 2.21. The summed E-state index contributed by atoms with van der Waals surface area (Å²) in [4.78, 5) is 6.59. The first kappa shape index (κ1) is 14.9. The van der Waals surface area contributed by atoms with E-state index in [9.17, 15) is 5.11 Å². The Morgan fingerprint density at radius 2 is 2.17 bits per heavy atom. The van der Waals surface area contributed by atoms with E-state index in [-0.39, 0.29) is 6.04 Å². The lowest BCUT2D eigenvalue weighted by Gasteiger charge is -2.31. The lowest BCUT2D eigenvalue weighted by Crippen LogP contribution is -2.39. The zero-order valence-electron chi connectivity index (χ0n) is 12.1. The molecule has 0 aliphatic carbocycles. The molecule has 102 valence electrons. The van der Waals surface area contributed by atoms with Crippen LogP contribution in [-0.2, 0) is 0 Å². The van der Waals surface area contributed by atoms with Crippen molar-refractivity contribution in [2.45, 2.75) is 39.3 Å². The van der Waals surface area contributed by atoms with E-state index in [0.717, 1.165) is 17.9 Å². The lowest BCUT2D eigenvalue weighted by atomic mass is 10.1. The first-order valence-corrected chi connectivity index (χ1v) is 6.48. The molecule has 0 aliphatic heterocycles. The van der Waals surface area contributed by atoms with Crippen LogP contribution in [0.15, 0.2) is 18.3 Å². The summed E-state index contributed by atoms with van der Waals surface area (Å²) in [5, 5.41) is 13.2. The van der Waals surface area contributed by atoms with Crippen LogP contribution in [0.1, 0.15) is 39.3 Å². The van der Waals surface area contributed by atoms with Gasteiger partial charge >= 0.3 is 0 Å². The van der Waals surface area contributed by atoms with Gasteiger partial charge in [0.2, 0.25) is 0 Å². The summed E-state index contributed by atoms with van der Waals surface area (Å²) in [5.41, 5.74) is 0.430. The Morgan fingerprint density at radius 3 is 2.67 bits per heavy atom. The standard InChI is InChI=1S/C14H25N3O/c1-6-17(10-14(3,4)18)13-12(11(2)15-5)8-7-9-16-13/h7-9,11,15,18H,6,10H2,1-5H3. The zero-order valence-corrected chi connectivity index (χ0v) is 12.1. The molecule has 0 saturated heterocycles. The number of anilines is 1. The minimum absolute atomic E-state index is 0.240. The first-order valence-electron chi connectivity index (χ1n) is 6.48. The first-order chi connectivity index (χ1) is 8.39. The van der Waals surface area contributed by atoms with Crippen molar-refractivity contribution in [1.82, 2.24) is 10.3 Å². The predicted octanol–water partition coefficient (Wildman–Crippen LogP) is 1.96. The Balaban J connectivity index is 3.05. The van der Waals surface area contributed by atoms with Crippen molar-refractivity contribution in [3.63, 3.8) is 0 Å². The van der Waals surface area contributed by atoms with Crippen LogP contribution in [0.4, 0.5) is 5.82 Å². The molecule has 0 aromatic carbocycles. The second-order valence-electron chi connectivity index (χ2n) is 5.25. The van der Waals surface area contributed by atoms with Crippen LogP contribution in [0, 0.1) is 0 Å². The van der Waals surface area contributed by atoms with Crippen LogP contribution in [0.3, 0.4) is 0 Å². The Morgan fingerprint density at radius 1 is 1.50 bits per heavy atom. The maximum Gasteiger partial charge on any atom is 0.133 e. The van der Waals surface area contributed by atoms with Gasteiger partial charge < -0.3 is 15.3 Å². The molecule has 1 rings (SSSR count). The molecule has 0 radical (unpaired) electrons. The van der Waals surface area contributed by atoms with E-state index < -0.39 is 5.60 Å². The molecule has 0 amide bonds. The molecule has 1 aromatic rings. The fraction of sp³-hybridized carbons (Fsp3) is 0.643. The molecule has 1 atom stereocenters. The van der Waals surface area contributed by atoms with E-state index >= 15 is 0 Å². The monoisotopic (exact) mass is 251 g/mol. The topological polar surface area (TPSA) is 48.4 Å². The van der Waals surface area contributed by atoms with Gasteiger partial charge in [0.05, 0.1) is 5.60 Å². The van der Waals surface area contributed by atoms with Gasteiger partial charge in [0.1, 0.15) is 5.82 Å². The van der Waals surface area contributed by atoms with Crippen molar-refractivity contribution in [2.75, 3.05) is 25.0 Å². The molecule has 1 unspecified atom stereocenters. The minimum atomic E-state index is -0.728. The van der Waals surface area contributed by atoms with E-state index in [1.165, 1.54) is 0 Å². The van der Waals surface area contributed by atoms with Crippen LogP contribution >= 0.6 is 0 Å². The van der Waals surface area contributed by atoms with Crippen molar-refractivity contribution < 1.29 is 5.11 Å². The van der Waals surface area contributed by atoms with Crippen LogP contribution in [0.2, 0.25) is 0 Å². The van der Waals surface area contributed by atoms with Gasteiger partial charge in [0.15, 0.2) is 0 Å². The van der Waals surface area contributed by atoms with Crippen molar-refractivity contribution in [1.29, 1.82) is 0 Å². The molecule has 2 N–H and O–H groups in total. The maximum atomic E-state index is 9.98. The van der Waals surface area contributed by atoms with Gasteiger partial charge in [0.25, 0.3) is 0 Å². The van der Waals surface area contributed by atoms with Gasteiger partial charge in [-0.1, -0.05) is 6.07 Å². The summed E-state index contributed by atoms with van der Waals surface area (Å²) in [6.07, 6.45) is 1.80. The molecule has 4 nitrogen and oxygen atoms in total. The molecule has 18 heavy (non-hydrogen) atoms. The molecular formula is C14H25N3O. The summed E-state index contributed by atoms with van der Waals surface area (Å²) in [6.45, 7) is 9.22. The number of hydrogen-bond acceptors (Lipinski definition) is 4. The predicted molar refractivity (Wildman–Crippen MR) is 75.9 cm³/mol. The maximum absolute atomic E-state index is 9.98. The number of nitrogens with zero attached hydrogens (tertiary/aromatic N) is 2. The molecule has 1 aromatic heterocycles. The Labute approximate surface area is 110 Å². The highest BCUT2D eigenvalue weighted by Crippen LogP contribution is 2.24. The average Bonchev–Trinajstić information content (AvgIpc) is 2.34. The number of aliphatic hydroxyl groups is 1.